The molecule has 16 heavy (non-hydrogen) atoms. The Labute approximate surface area is 88.7 Å². The Bertz CT molecular complexity index is 413. The summed E-state index contributed by atoms with van der Waals surface area (Å²) in [6, 6.07) is 0. The minimum absolute atomic E-state index is 1.13. The van der Waals surface area contributed by atoms with Crippen LogP contribution >= 0.6 is 7.82 Å². The van der Waals surface area contributed by atoms with Gasteiger partial charge in [0.1, 0.15) is 6.10 Å². The number of phosphoric ester groups is 1. The van der Waals surface area contributed by atoms with Gasteiger partial charge in [0.25, 0.3) is 5.79 Å². The van der Waals surface area contributed by atoms with Gasteiger partial charge in [-0.25, -0.2) is 18.1 Å². The molecule has 3 aliphatic rings. The van der Waals surface area contributed by atoms with Crippen molar-refractivity contribution in [2.45, 2.75) is 36.7 Å². The highest BCUT2D eigenvalue weighted by Gasteiger charge is 2.89. The maximum Gasteiger partial charge on any atom is 0.485 e. The number of phosphoric acid groups is 1. The predicted octanol–water partition coefficient (Wildman–Crippen LogP) is -2.03. The van der Waals surface area contributed by atoms with Gasteiger partial charge in [-0.05, 0) is 6.92 Å². The van der Waals surface area contributed by atoms with Crippen LogP contribution in [0.4, 0.5) is 0 Å². The van der Waals surface area contributed by atoms with E-state index in [0.29, 0.717) is 0 Å². The molecule has 9 nitrogen and oxygen atoms in total. The molecule has 92 valence electrons. The van der Waals surface area contributed by atoms with Crippen molar-refractivity contribution in [1.29, 1.82) is 0 Å². The van der Waals surface area contributed by atoms with E-state index in [1.807, 2.05) is 0 Å². The van der Waals surface area contributed by atoms with Gasteiger partial charge >= 0.3 is 19.6 Å². The van der Waals surface area contributed by atoms with Crippen LogP contribution in [0.2, 0.25) is 0 Å². The van der Waals surface area contributed by atoms with E-state index < -0.39 is 37.6 Å². The Morgan fingerprint density at radius 1 is 1.19 bits per heavy atom. The van der Waals surface area contributed by atoms with Crippen LogP contribution in [0.5, 0.6) is 0 Å². The zero-order valence-electron chi connectivity index (χ0n) is 7.93. The molecular weight excluding hydrogens is 247 g/mol. The summed E-state index contributed by atoms with van der Waals surface area (Å²) in [5, 5.41) is 39.1. The van der Waals surface area contributed by atoms with Crippen molar-refractivity contribution in [3.63, 3.8) is 0 Å². The summed E-state index contributed by atoms with van der Waals surface area (Å²) in [4.78, 5) is 0. The van der Waals surface area contributed by atoms with E-state index in [0.717, 1.165) is 0 Å². The topological polar surface area (TPSA) is 135 Å². The lowest BCUT2D eigenvalue weighted by Crippen LogP contribution is -2.77. The zero-order valence-corrected chi connectivity index (χ0v) is 8.83. The second kappa shape index (κ2) is 2.51. The molecule has 3 rings (SSSR count). The van der Waals surface area contributed by atoms with Gasteiger partial charge < -0.3 is 25.2 Å². The Morgan fingerprint density at radius 3 is 2.38 bits per heavy atom. The van der Waals surface area contributed by atoms with E-state index in [-0.39, 0.29) is 0 Å². The molecule has 3 aliphatic heterocycles. The van der Waals surface area contributed by atoms with E-state index in [4.69, 9.17) is 4.74 Å². The van der Waals surface area contributed by atoms with Crippen molar-refractivity contribution in [2.24, 2.45) is 0 Å². The third-order valence-corrected chi connectivity index (χ3v) is 4.30. The maximum absolute atomic E-state index is 11.6. The Kier molecular flexibility index (Phi) is 1.73. The summed E-state index contributed by atoms with van der Waals surface area (Å²) in [7, 11) is -4.35. The first kappa shape index (κ1) is 11.0. The quantitative estimate of drug-likeness (QED) is 0.362. The van der Waals surface area contributed by atoms with Crippen molar-refractivity contribution in [2.75, 3.05) is 0 Å². The molecule has 4 N–H and O–H groups in total. The largest absolute Gasteiger partial charge is 0.485 e. The maximum atomic E-state index is 11.6. The van der Waals surface area contributed by atoms with Crippen molar-refractivity contribution in [1.82, 2.24) is 0 Å². The average Bonchev–Trinajstić information content (AvgIpc) is 2.43. The fourth-order valence-corrected chi connectivity index (χ4v) is 3.73. The summed E-state index contributed by atoms with van der Waals surface area (Å²) in [5.74, 6) is -8.57. The van der Waals surface area contributed by atoms with Crippen LogP contribution in [0, 0.1) is 0 Å². The summed E-state index contributed by atoms with van der Waals surface area (Å²) < 4.78 is 29.6. The molecule has 3 saturated heterocycles. The highest BCUT2D eigenvalue weighted by atomic mass is 31.2. The molecular formula is C6H9O9P. The van der Waals surface area contributed by atoms with Gasteiger partial charge in [-0.15, -0.1) is 0 Å². The third-order valence-electron chi connectivity index (χ3n) is 2.84. The minimum Gasteiger partial charge on any atom is -0.385 e. The summed E-state index contributed by atoms with van der Waals surface area (Å²) in [6.45, 7) is 1.29. The average molecular weight is 256 g/mol. The predicted molar refractivity (Wildman–Crippen MR) is 42.3 cm³/mol. The Hall–Kier alpha value is -0.0900. The van der Waals surface area contributed by atoms with Gasteiger partial charge in [0.05, 0.1) is 6.10 Å². The van der Waals surface area contributed by atoms with Crippen molar-refractivity contribution in [3.8, 4) is 0 Å². The number of rotatable bonds is 0. The normalized spacial score (nSPS) is 68.6. The van der Waals surface area contributed by atoms with Gasteiger partial charge in [-0.1, -0.05) is 0 Å². The molecule has 0 amide bonds. The number of fused-ring (bicyclic) bond motifs is 1. The molecule has 0 aromatic carbocycles. The molecule has 3 fully saturated rings. The molecule has 0 aliphatic carbocycles. The van der Waals surface area contributed by atoms with Crippen molar-refractivity contribution < 1.29 is 43.3 Å². The van der Waals surface area contributed by atoms with Crippen LogP contribution in [0.25, 0.3) is 0 Å². The van der Waals surface area contributed by atoms with Gasteiger partial charge in [-0.2, -0.15) is 0 Å². The van der Waals surface area contributed by atoms with Crippen LogP contribution < -0.4 is 0 Å². The number of hydrogen-bond acceptors (Lipinski definition) is 9. The molecule has 2 bridgehead atoms. The summed E-state index contributed by atoms with van der Waals surface area (Å²) in [6.07, 6.45) is -2.90. The van der Waals surface area contributed by atoms with Crippen LogP contribution in [0.1, 0.15) is 6.92 Å². The summed E-state index contributed by atoms with van der Waals surface area (Å²) in [5.41, 5.74) is 0. The third kappa shape index (κ3) is 0.894. The Balaban J connectivity index is 2.20. The molecule has 0 radical (unpaired) electrons. The smallest absolute Gasteiger partial charge is 0.385 e. The van der Waals surface area contributed by atoms with Crippen LogP contribution in [0.15, 0.2) is 0 Å². The molecule has 0 aromatic heterocycles. The summed E-state index contributed by atoms with van der Waals surface area (Å²) >= 11 is 0. The van der Waals surface area contributed by atoms with E-state index in [2.05, 4.69) is 13.6 Å². The molecule has 0 spiro atoms. The van der Waals surface area contributed by atoms with Gasteiger partial charge in [0.15, 0.2) is 0 Å². The lowest BCUT2D eigenvalue weighted by Gasteiger charge is -2.50. The second-order valence-electron chi connectivity index (χ2n) is 3.91. The van der Waals surface area contributed by atoms with Crippen LogP contribution in [0.3, 0.4) is 0 Å². The number of ether oxygens (including phenoxy) is 1. The van der Waals surface area contributed by atoms with Gasteiger partial charge in [0.2, 0.25) is 0 Å². The Morgan fingerprint density at radius 2 is 1.81 bits per heavy atom. The molecule has 0 aromatic rings. The molecule has 6 atom stereocenters. The van der Waals surface area contributed by atoms with E-state index in [1.54, 1.807) is 0 Å². The molecule has 0 saturated carbocycles. The van der Waals surface area contributed by atoms with Crippen molar-refractivity contribution in [3.05, 3.63) is 0 Å². The molecule has 3 heterocycles. The monoisotopic (exact) mass is 256 g/mol. The van der Waals surface area contributed by atoms with Crippen LogP contribution in [-0.4, -0.2) is 50.2 Å². The first-order valence-corrected chi connectivity index (χ1v) is 5.87. The van der Waals surface area contributed by atoms with E-state index >= 15 is 0 Å². The minimum atomic E-state index is -4.35. The van der Waals surface area contributed by atoms with Gasteiger partial charge in [0, 0.05) is 0 Å². The number of aliphatic hydroxyl groups is 4. The highest BCUT2D eigenvalue weighted by Crippen LogP contribution is 2.76. The van der Waals surface area contributed by atoms with Gasteiger partial charge in [-0.3, -0.25) is 0 Å². The van der Waals surface area contributed by atoms with Crippen molar-refractivity contribution >= 4 is 7.82 Å². The first-order valence-electron chi connectivity index (χ1n) is 4.41. The molecule has 1 unspecified atom stereocenters. The molecule has 10 heteroatoms. The fourth-order valence-electron chi connectivity index (χ4n) is 2.00. The standard InChI is InChI=1S/C6H9O9P/c1-2-3(7)4(8)5(9)6(10,12-2)15-16(11,13-4)14-5/h2-3,7-10H,1H3/t2-,3+,4+,5-,6+,16?/m1/s1. The lowest BCUT2D eigenvalue weighted by molar-refractivity contribution is -0.524. The fraction of sp³-hybridized carbons (Fsp3) is 1.00. The van der Waals surface area contributed by atoms with Crippen LogP contribution in [-0.2, 0) is 22.9 Å². The SMILES string of the molecule is C[C@H]1O[C@]2(O)OP3(=O)O[C@]2(O)[C@@](O)(O3)[C@H]1O. The zero-order chi connectivity index (χ0) is 12.0. The number of hydrogen-bond donors (Lipinski definition) is 4. The van der Waals surface area contributed by atoms with E-state index in [9.17, 15) is 25.0 Å². The lowest BCUT2D eigenvalue weighted by atomic mass is 9.91. The second-order valence-corrected chi connectivity index (χ2v) is 5.35. The van der Waals surface area contributed by atoms with E-state index in [1.165, 1.54) is 6.92 Å². The first-order chi connectivity index (χ1) is 7.16. The number of aliphatic hydroxyl groups excluding tert-OH is 1. The highest BCUT2D eigenvalue weighted by molar-refractivity contribution is 7.49.